The first-order valence-electron chi connectivity index (χ1n) is 6.42. The summed E-state index contributed by atoms with van der Waals surface area (Å²) in [5, 5.41) is 9.65. The summed E-state index contributed by atoms with van der Waals surface area (Å²) in [6.45, 7) is 2.38. The van der Waals surface area contributed by atoms with Crippen LogP contribution in [-0.4, -0.2) is 24.3 Å². The quantitative estimate of drug-likeness (QED) is 0.825. The maximum absolute atomic E-state index is 11.0. The number of ether oxygens (including phenoxy) is 2. The number of hydrogen-bond acceptors (Lipinski definition) is 3. The maximum atomic E-state index is 11.0. The lowest BCUT2D eigenvalue weighted by atomic mass is 10.1. The van der Waals surface area contributed by atoms with Gasteiger partial charge in [-0.2, -0.15) is 0 Å². The van der Waals surface area contributed by atoms with E-state index in [1.54, 1.807) is 43.3 Å². The number of rotatable bonds is 6. The molecule has 0 aliphatic rings. The zero-order valence-corrected chi connectivity index (χ0v) is 12.3. The first-order chi connectivity index (χ1) is 10.1. The van der Waals surface area contributed by atoms with E-state index in [1.165, 1.54) is 0 Å². The van der Waals surface area contributed by atoms with E-state index in [0.29, 0.717) is 35.3 Å². The molecule has 0 saturated heterocycles. The number of halogens is 1. The number of carbonyl (C=O) groups is 1. The minimum absolute atomic E-state index is 0.239. The fraction of sp³-hybridized carbons (Fsp3) is 0.188. The lowest BCUT2D eigenvalue weighted by Crippen LogP contribution is -2.10. The molecule has 0 atom stereocenters. The highest BCUT2D eigenvalue weighted by Gasteiger charge is 2.10. The van der Waals surface area contributed by atoms with Crippen molar-refractivity contribution in [3.05, 3.63) is 58.6 Å². The van der Waals surface area contributed by atoms with Crippen LogP contribution in [0.4, 0.5) is 0 Å². The third kappa shape index (κ3) is 4.13. The van der Waals surface area contributed by atoms with Crippen LogP contribution in [0.1, 0.15) is 15.9 Å². The van der Waals surface area contributed by atoms with Gasteiger partial charge in [0.2, 0.25) is 0 Å². The molecule has 21 heavy (non-hydrogen) atoms. The molecule has 0 saturated carbocycles. The van der Waals surface area contributed by atoms with Gasteiger partial charge in [-0.25, -0.2) is 4.79 Å². The lowest BCUT2D eigenvalue weighted by Gasteiger charge is -2.11. The summed E-state index contributed by atoms with van der Waals surface area (Å²) >= 11 is 5.85. The van der Waals surface area contributed by atoms with E-state index in [1.807, 2.05) is 6.07 Å². The zero-order valence-electron chi connectivity index (χ0n) is 11.5. The van der Waals surface area contributed by atoms with Gasteiger partial charge in [-0.1, -0.05) is 23.7 Å². The predicted molar refractivity (Wildman–Crippen MR) is 80.6 cm³/mol. The molecule has 0 aliphatic carbocycles. The van der Waals surface area contributed by atoms with Gasteiger partial charge in [-0.05, 0) is 37.3 Å². The summed E-state index contributed by atoms with van der Waals surface area (Å²) in [7, 11) is 0. The largest absolute Gasteiger partial charge is 0.490 e. The smallest absolute Gasteiger partial charge is 0.336 e. The molecule has 2 aromatic carbocycles. The standard InChI is InChI=1S/C16H15ClO4/c1-11-14(16(18)19)6-3-7-15(11)21-9-8-20-13-5-2-4-12(17)10-13/h2-7,10H,8-9H2,1H3,(H,18,19). The van der Waals surface area contributed by atoms with Crippen LogP contribution in [0.15, 0.2) is 42.5 Å². The summed E-state index contributed by atoms with van der Waals surface area (Å²) in [5.41, 5.74) is 0.844. The topological polar surface area (TPSA) is 55.8 Å². The minimum atomic E-state index is -0.965. The number of hydrogen-bond donors (Lipinski definition) is 1. The van der Waals surface area contributed by atoms with E-state index < -0.39 is 5.97 Å². The second kappa shape index (κ2) is 6.99. The molecule has 0 amide bonds. The van der Waals surface area contributed by atoms with Gasteiger partial charge in [0, 0.05) is 10.6 Å². The van der Waals surface area contributed by atoms with Crippen LogP contribution in [0, 0.1) is 6.92 Å². The Bertz CT molecular complexity index is 640. The van der Waals surface area contributed by atoms with Gasteiger partial charge >= 0.3 is 5.97 Å². The SMILES string of the molecule is Cc1c(OCCOc2cccc(Cl)c2)cccc1C(=O)O. The van der Waals surface area contributed by atoms with Gasteiger partial charge in [0.25, 0.3) is 0 Å². The molecule has 1 N–H and O–H groups in total. The van der Waals surface area contributed by atoms with Gasteiger partial charge in [0.1, 0.15) is 24.7 Å². The molecule has 0 radical (unpaired) electrons. The predicted octanol–water partition coefficient (Wildman–Crippen LogP) is 3.80. The van der Waals surface area contributed by atoms with E-state index in [4.69, 9.17) is 26.2 Å². The van der Waals surface area contributed by atoms with Gasteiger partial charge < -0.3 is 14.6 Å². The highest BCUT2D eigenvalue weighted by molar-refractivity contribution is 6.30. The molecular weight excluding hydrogens is 292 g/mol. The van der Waals surface area contributed by atoms with Gasteiger partial charge in [0.15, 0.2) is 0 Å². The minimum Gasteiger partial charge on any atom is -0.490 e. The molecule has 0 fully saturated rings. The second-order valence-corrected chi connectivity index (χ2v) is 4.82. The number of carboxylic acids is 1. The molecule has 110 valence electrons. The average Bonchev–Trinajstić information content (AvgIpc) is 2.45. The van der Waals surface area contributed by atoms with Crippen molar-refractivity contribution in [3.63, 3.8) is 0 Å². The van der Waals surface area contributed by atoms with Crippen LogP contribution in [0.3, 0.4) is 0 Å². The number of carboxylic acid groups (broad SMARTS) is 1. The van der Waals surface area contributed by atoms with E-state index in [0.717, 1.165) is 0 Å². The van der Waals surface area contributed by atoms with Crippen LogP contribution in [0.5, 0.6) is 11.5 Å². The molecule has 5 heteroatoms. The molecular formula is C16H15ClO4. The van der Waals surface area contributed by atoms with Crippen LogP contribution < -0.4 is 9.47 Å². The van der Waals surface area contributed by atoms with Gasteiger partial charge in [0.05, 0.1) is 5.56 Å². The monoisotopic (exact) mass is 306 g/mol. The van der Waals surface area contributed by atoms with E-state index in [-0.39, 0.29) is 5.56 Å². The molecule has 4 nitrogen and oxygen atoms in total. The van der Waals surface area contributed by atoms with E-state index in [2.05, 4.69) is 0 Å². The fourth-order valence-electron chi connectivity index (χ4n) is 1.87. The van der Waals surface area contributed by atoms with Crippen molar-refractivity contribution in [1.29, 1.82) is 0 Å². The average molecular weight is 307 g/mol. The Balaban J connectivity index is 1.89. The fourth-order valence-corrected chi connectivity index (χ4v) is 2.05. The first-order valence-corrected chi connectivity index (χ1v) is 6.80. The van der Waals surface area contributed by atoms with Gasteiger partial charge in [-0.3, -0.25) is 0 Å². The Morgan fingerprint density at radius 1 is 1.14 bits per heavy atom. The van der Waals surface area contributed by atoms with Crippen molar-refractivity contribution < 1.29 is 19.4 Å². The summed E-state index contributed by atoms with van der Waals surface area (Å²) in [4.78, 5) is 11.0. The van der Waals surface area contributed by atoms with Crippen molar-refractivity contribution in [1.82, 2.24) is 0 Å². The second-order valence-electron chi connectivity index (χ2n) is 4.39. The van der Waals surface area contributed by atoms with Crippen LogP contribution in [0.2, 0.25) is 5.02 Å². The summed E-state index contributed by atoms with van der Waals surface area (Å²) < 4.78 is 11.1. The van der Waals surface area contributed by atoms with E-state index in [9.17, 15) is 4.79 Å². The van der Waals surface area contributed by atoms with Crippen LogP contribution >= 0.6 is 11.6 Å². The summed E-state index contributed by atoms with van der Waals surface area (Å²) in [6.07, 6.45) is 0. The molecule has 2 aromatic rings. The third-order valence-electron chi connectivity index (χ3n) is 2.92. The maximum Gasteiger partial charge on any atom is 0.336 e. The molecule has 0 bridgehead atoms. The zero-order chi connectivity index (χ0) is 15.2. The molecule has 0 aromatic heterocycles. The Morgan fingerprint density at radius 2 is 1.86 bits per heavy atom. The molecule has 0 aliphatic heterocycles. The van der Waals surface area contributed by atoms with Crippen molar-refractivity contribution in [2.75, 3.05) is 13.2 Å². The third-order valence-corrected chi connectivity index (χ3v) is 3.16. The summed E-state index contributed by atoms with van der Waals surface area (Å²) in [6, 6.07) is 12.0. The Labute approximate surface area is 127 Å². The number of aromatic carboxylic acids is 1. The molecule has 0 spiro atoms. The Kier molecular flexibility index (Phi) is 5.06. The van der Waals surface area contributed by atoms with Crippen molar-refractivity contribution in [3.8, 4) is 11.5 Å². The first kappa shape index (κ1) is 15.2. The number of benzene rings is 2. The van der Waals surface area contributed by atoms with Crippen molar-refractivity contribution in [2.24, 2.45) is 0 Å². The Hall–Kier alpha value is -2.20. The summed E-state index contributed by atoms with van der Waals surface area (Å²) in [5.74, 6) is 0.250. The van der Waals surface area contributed by atoms with Crippen molar-refractivity contribution >= 4 is 17.6 Å². The van der Waals surface area contributed by atoms with Gasteiger partial charge in [-0.15, -0.1) is 0 Å². The molecule has 0 unspecified atom stereocenters. The highest BCUT2D eigenvalue weighted by Crippen LogP contribution is 2.21. The normalized spacial score (nSPS) is 10.2. The van der Waals surface area contributed by atoms with Crippen molar-refractivity contribution in [2.45, 2.75) is 6.92 Å². The molecule has 0 heterocycles. The van der Waals surface area contributed by atoms with Crippen LogP contribution in [0.25, 0.3) is 0 Å². The molecule has 2 rings (SSSR count). The lowest BCUT2D eigenvalue weighted by molar-refractivity contribution is 0.0695. The highest BCUT2D eigenvalue weighted by atomic mass is 35.5. The van der Waals surface area contributed by atoms with E-state index >= 15 is 0 Å². The van der Waals surface area contributed by atoms with Crippen LogP contribution in [-0.2, 0) is 0 Å². The Morgan fingerprint density at radius 3 is 2.57 bits per heavy atom.